The number of amides is 1. The Balaban J connectivity index is 2.15. The van der Waals surface area contributed by atoms with Crippen LogP contribution in [0, 0.1) is 0 Å². The smallest absolute Gasteiger partial charge is 0.274 e. The number of nitrogens with one attached hydrogen (secondary N) is 1. The summed E-state index contributed by atoms with van der Waals surface area (Å²) in [5.41, 5.74) is 7.20. The molecular formula is C12H15N5O. The molecule has 0 saturated heterocycles. The van der Waals surface area contributed by atoms with Crippen molar-refractivity contribution >= 4 is 11.6 Å². The molecule has 2 aromatic rings. The standard InChI is InChI=1S/C12H15N5O/c1-2-17(8-9-5-3-4-6-14-9)12(18)11-10(13)7-15-16-11/h3-7H,2,8,13H2,1H3,(H,15,16). The van der Waals surface area contributed by atoms with E-state index in [1.807, 2.05) is 25.1 Å². The Morgan fingerprint density at radius 3 is 2.89 bits per heavy atom. The normalized spacial score (nSPS) is 10.3. The van der Waals surface area contributed by atoms with E-state index in [0.29, 0.717) is 24.5 Å². The van der Waals surface area contributed by atoms with Gasteiger partial charge >= 0.3 is 0 Å². The highest BCUT2D eigenvalue weighted by molar-refractivity contribution is 5.96. The van der Waals surface area contributed by atoms with Crippen LogP contribution in [0.3, 0.4) is 0 Å². The molecule has 0 saturated carbocycles. The lowest BCUT2D eigenvalue weighted by Crippen LogP contribution is -2.31. The number of anilines is 1. The van der Waals surface area contributed by atoms with Crippen LogP contribution < -0.4 is 5.73 Å². The van der Waals surface area contributed by atoms with Crippen molar-refractivity contribution in [2.75, 3.05) is 12.3 Å². The summed E-state index contributed by atoms with van der Waals surface area (Å²) in [6, 6.07) is 5.62. The molecule has 3 N–H and O–H groups in total. The molecule has 6 heteroatoms. The lowest BCUT2D eigenvalue weighted by Gasteiger charge is -2.19. The molecule has 0 radical (unpaired) electrons. The number of pyridine rings is 1. The molecule has 6 nitrogen and oxygen atoms in total. The Labute approximate surface area is 105 Å². The Morgan fingerprint density at radius 2 is 2.33 bits per heavy atom. The maximum atomic E-state index is 12.2. The van der Waals surface area contributed by atoms with Gasteiger partial charge < -0.3 is 10.6 Å². The molecule has 0 aromatic carbocycles. The summed E-state index contributed by atoms with van der Waals surface area (Å²) in [5, 5.41) is 6.37. The van der Waals surface area contributed by atoms with Crippen molar-refractivity contribution in [3.63, 3.8) is 0 Å². The molecule has 18 heavy (non-hydrogen) atoms. The van der Waals surface area contributed by atoms with E-state index in [1.165, 1.54) is 6.20 Å². The number of aromatic nitrogens is 3. The molecule has 0 bridgehead atoms. The van der Waals surface area contributed by atoms with E-state index in [-0.39, 0.29) is 5.91 Å². The predicted octanol–water partition coefficient (Wildman–Crippen LogP) is 1.05. The predicted molar refractivity (Wildman–Crippen MR) is 67.7 cm³/mol. The van der Waals surface area contributed by atoms with Gasteiger partial charge in [-0.25, -0.2) is 0 Å². The van der Waals surface area contributed by atoms with Gasteiger partial charge in [-0.05, 0) is 19.1 Å². The summed E-state index contributed by atoms with van der Waals surface area (Å²) < 4.78 is 0. The number of carbonyl (C=O) groups excluding carboxylic acids is 1. The summed E-state index contributed by atoms with van der Waals surface area (Å²) in [6.45, 7) is 2.94. The van der Waals surface area contributed by atoms with Crippen LogP contribution >= 0.6 is 0 Å². The zero-order valence-corrected chi connectivity index (χ0v) is 10.1. The van der Waals surface area contributed by atoms with Crippen LogP contribution in [-0.2, 0) is 6.54 Å². The van der Waals surface area contributed by atoms with Gasteiger partial charge in [-0.1, -0.05) is 6.07 Å². The first kappa shape index (κ1) is 12.1. The van der Waals surface area contributed by atoms with Crippen LogP contribution in [-0.4, -0.2) is 32.5 Å². The van der Waals surface area contributed by atoms with E-state index in [0.717, 1.165) is 5.69 Å². The monoisotopic (exact) mass is 245 g/mol. The van der Waals surface area contributed by atoms with Crippen molar-refractivity contribution in [2.24, 2.45) is 0 Å². The van der Waals surface area contributed by atoms with Crippen molar-refractivity contribution in [2.45, 2.75) is 13.5 Å². The van der Waals surface area contributed by atoms with Crippen LogP contribution in [0.2, 0.25) is 0 Å². The number of nitrogens with zero attached hydrogens (tertiary/aromatic N) is 3. The molecule has 0 aliphatic rings. The van der Waals surface area contributed by atoms with Crippen molar-refractivity contribution in [1.29, 1.82) is 0 Å². The van der Waals surface area contributed by atoms with E-state index < -0.39 is 0 Å². The van der Waals surface area contributed by atoms with Crippen LogP contribution in [0.5, 0.6) is 0 Å². The molecular weight excluding hydrogens is 230 g/mol. The summed E-state index contributed by atoms with van der Waals surface area (Å²) in [5.74, 6) is -0.168. The fourth-order valence-corrected chi connectivity index (χ4v) is 1.64. The van der Waals surface area contributed by atoms with Gasteiger partial charge in [0.25, 0.3) is 5.91 Å². The van der Waals surface area contributed by atoms with Crippen LogP contribution in [0.1, 0.15) is 23.1 Å². The fraction of sp³-hybridized carbons (Fsp3) is 0.250. The topological polar surface area (TPSA) is 87.9 Å². The highest BCUT2D eigenvalue weighted by Crippen LogP contribution is 2.11. The van der Waals surface area contributed by atoms with Gasteiger partial charge in [0.1, 0.15) is 5.69 Å². The minimum absolute atomic E-state index is 0.168. The molecule has 0 aliphatic heterocycles. The van der Waals surface area contributed by atoms with Gasteiger partial charge in [0.05, 0.1) is 24.1 Å². The first-order chi connectivity index (χ1) is 8.72. The highest BCUT2D eigenvalue weighted by Gasteiger charge is 2.18. The second kappa shape index (κ2) is 5.31. The average Bonchev–Trinajstić information content (AvgIpc) is 2.82. The molecule has 2 heterocycles. The van der Waals surface area contributed by atoms with Crippen LogP contribution in [0.25, 0.3) is 0 Å². The second-order valence-electron chi connectivity index (χ2n) is 3.84. The lowest BCUT2D eigenvalue weighted by molar-refractivity contribution is 0.0745. The molecule has 1 amide bonds. The van der Waals surface area contributed by atoms with E-state index in [2.05, 4.69) is 15.2 Å². The summed E-state index contributed by atoms with van der Waals surface area (Å²) in [6.07, 6.45) is 3.14. The summed E-state index contributed by atoms with van der Waals surface area (Å²) >= 11 is 0. The molecule has 2 aromatic heterocycles. The molecule has 0 unspecified atom stereocenters. The van der Waals surface area contributed by atoms with Gasteiger partial charge in [0.15, 0.2) is 0 Å². The minimum Gasteiger partial charge on any atom is -0.396 e. The van der Waals surface area contributed by atoms with E-state index in [9.17, 15) is 4.79 Å². The maximum absolute atomic E-state index is 12.2. The highest BCUT2D eigenvalue weighted by atomic mass is 16.2. The van der Waals surface area contributed by atoms with E-state index >= 15 is 0 Å². The maximum Gasteiger partial charge on any atom is 0.274 e. The average molecular weight is 245 g/mol. The van der Waals surface area contributed by atoms with Crippen LogP contribution in [0.15, 0.2) is 30.6 Å². The largest absolute Gasteiger partial charge is 0.396 e. The number of nitrogen functional groups attached to an aromatic ring is 1. The Morgan fingerprint density at radius 1 is 1.50 bits per heavy atom. The number of carbonyl (C=O) groups is 1. The van der Waals surface area contributed by atoms with Crippen molar-refractivity contribution < 1.29 is 4.79 Å². The van der Waals surface area contributed by atoms with Gasteiger partial charge in [0.2, 0.25) is 0 Å². The molecule has 0 spiro atoms. The fourth-order valence-electron chi connectivity index (χ4n) is 1.64. The first-order valence-electron chi connectivity index (χ1n) is 5.70. The number of hydrogen-bond donors (Lipinski definition) is 2. The van der Waals surface area contributed by atoms with Gasteiger partial charge in [0, 0.05) is 12.7 Å². The van der Waals surface area contributed by atoms with Crippen LogP contribution in [0.4, 0.5) is 5.69 Å². The molecule has 0 fully saturated rings. The third kappa shape index (κ3) is 2.48. The SMILES string of the molecule is CCN(Cc1ccccn1)C(=O)c1[nH]ncc1N. The number of H-pyrrole nitrogens is 1. The summed E-state index contributed by atoms with van der Waals surface area (Å²) in [7, 11) is 0. The van der Waals surface area contributed by atoms with Gasteiger partial charge in [-0.2, -0.15) is 5.10 Å². The van der Waals surface area contributed by atoms with Gasteiger partial charge in [-0.3, -0.25) is 14.9 Å². The number of rotatable bonds is 4. The molecule has 0 aliphatic carbocycles. The Kier molecular flexibility index (Phi) is 3.57. The summed E-state index contributed by atoms with van der Waals surface area (Å²) in [4.78, 5) is 18.1. The van der Waals surface area contributed by atoms with E-state index in [4.69, 9.17) is 5.73 Å². The zero-order chi connectivity index (χ0) is 13.0. The first-order valence-corrected chi connectivity index (χ1v) is 5.70. The van der Waals surface area contributed by atoms with E-state index in [1.54, 1.807) is 11.1 Å². The second-order valence-corrected chi connectivity index (χ2v) is 3.84. The molecule has 2 rings (SSSR count). The third-order valence-corrected chi connectivity index (χ3v) is 2.63. The van der Waals surface area contributed by atoms with Crippen molar-refractivity contribution in [3.8, 4) is 0 Å². The quantitative estimate of drug-likeness (QED) is 0.842. The number of hydrogen-bond acceptors (Lipinski definition) is 4. The molecule has 94 valence electrons. The number of aromatic amines is 1. The Hall–Kier alpha value is -2.37. The Bertz CT molecular complexity index is 522. The third-order valence-electron chi connectivity index (χ3n) is 2.63. The van der Waals surface area contributed by atoms with Gasteiger partial charge in [-0.15, -0.1) is 0 Å². The number of nitrogens with two attached hydrogens (primary N) is 1. The lowest BCUT2D eigenvalue weighted by atomic mass is 10.3. The van der Waals surface area contributed by atoms with Crippen molar-refractivity contribution in [3.05, 3.63) is 42.0 Å². The molecule has 0 atom stereocenters. The zero-order valence-electron chi connectivity index (χ0n) is 10.1. The van der Waals surface area contributed by atoms with Crippen molar-refractivity contribution in [1.82, 2.24) is 20.1 Å². The minimum atomic E-state index is -0.168.